The average molecular weight is 309 g/mol. The van der Waals surface area contributed by atoms with E-state index in [0.29, 0.717) is 0 Å². The first-order chi connectivity index (χ1) is 7.42. The van der Waals surface area contributed by atoms with Crippen LogP contribution in [0.5, 0.6) is 0 Å². The van der Waals surface area contributed by atoms with Crippen LogP contribution in [0.15, 0.2) is 33.6 Å². The van der Waals surface area contributed by atoms with Gasteiger partial charge in [0.2, 0.25) is 5.91 Å². The lowest BCUT2D eigenvalue weighted by Gasteiger charge is -2.05. The highest BCUT2D eigenvalue weighted by molar-refractivity contribution is 9.10. The summed E-state index contributed by atoms with van der Waals surface area (Å²) in [5.41, 5.74) is 4.78. The van der Waals surface area contributed by atoms with E-state index >= 15 is 0 Å². The van der Waals surface area contributed by atoms with Crippen molar-refractivity contribution >= 4 is 31.9 Å². The Morgan fingerprint density at radius 1 is 1.38 bits per heavy atom. The first-order valence-electron chi connectivity index (χ1n) is 4.09. The lowest BCUT2D eigenvalue weighted by Crippen LogP contribution is -2.29. The Kier molecular flexibility index (Phi) is 4.42. The van der Waals surface area contributed by atoms with E-state index < -0.39 is 22.5 Å². The standard InChI is InChI=1S/C8H9BrN2O4S/c9-6-1-3-7(4-2-6)16(13,14)11-15-5-8(10)12/h1-4,11H,5H2,(H2,10,12). The van der Waals surface area contributed by atoms with E-state index in [0.717, 1.165) is 4.47 Å². The zero-order valence-electron chi connectivity index (χ0n) is 8.01. The molecule has 1 aromatic rings. The predicted octanol–water partition coefficient (Wildman–Crippen LogP) is 0.144. The van der Waals surface area contributed by atoms with E-state index in [1.807, 2.05) is 0 Å². The van der Waals surface area contributed by atoms with Crippen LogP contribution < -0.4 is 10.6 Å². The largest absolute Gasteiger partial charge is 0.368 e. The van der Waals surface area contributed by atoms with Crippen molar-refractivity contribution in [3.05, 3.63) is 28.7 Å². The quantitative estimate of drug-likeness (QED) is 0.756. The molecule has 0 fully saturated rings. The molecule has 8 heteroatoms. The third kappa shape index (κ3) is 3.89. The van der Waals surface area contributed by atoms with Crippen molar-refractivity contribution in [3.63, 3.8) is 0 Å². The van der Waals surface area contributed by atoms with Gasteiger partial charge >= 0.3 is 0 Å². The molecular formula is C8H9BrN2O4S. The highest BCUT2D eigenvalue weighted by Crippen LogP contribution is 2.14. The summed E-state index contributed by atoms with van der Waals surface area (Å²) in [6.45, 7) is -0.518. The van der Waals surface area contributed by atoms with Gasteiger partial charge in [-0.1, -0.05) is 20.8 Å². The molecule has 0 saturated heterocycles. The smallest absolute Gasteiger partial charge is 0.262 e. The molecular weight excluding hydrogens is 300 g/mol. The Balaban J connectivity index is 2.71. The molecule has 0 radical (unpaired) electrons. The SMILES string of the molecule is NC(=O)CONS(=O)(=O)c1ccc(Br)cc1. The van der Waals surface area contributed by atoms with Crippen molar-refractivity contribution in [2.45, 2.75) is 4.90 Å². The lowest BCUT2D eigenvalue weighted by atomic mass is 10.4. The molecule has 0 aliphatic carbocycles. The first-order valence-corrected chi connectivity index (χ1v) is 6.37. The van der Waals surface area contributed by atoms with E-state index in [4.69, 9.17) is 5.73 Å². The van der Waals surface area contributed by atoms with E-state index in [-0.39, 0.29) is 4.90 Å². The molecule has 0 aromatic heterocycles. The van der Waals surface area contributed by atoms with Crippen LogP contribution in [-0.4, -0.2) is 20.9 Å². The van der Waals surface area contributed by atoms with E-state index in [2.05, 4.69) is 20.8 Å². The van der Waals surface area contributed by atoms with Crippen molar-refractivity contribution in [1.29, 1.82) is 0 Å². The van der Waals surface area contributed by atoms with Gasteiger partial charge in [0.05, 0.1) is 4.90 Å². The van der Waals surface area contributed by atoms with Gasteiger partial charge < -0.3 is 5.73 Å². The van der Waals surface area contributed by atoms with Gasteiger partial charge in [0.1, 0.15) is 6.61 Å². The summed E-state index contributed by atoms with van der Waals surface area (Å²) < 4.78 is 23.8. The van der Waals surface area contributed by atoms with Gasteiger partial charge in [-0.3, -0.25) is 9.63 Å². The van der Waals surface area contributed by atoms with Crippen LogP contribution in [0.1, 0.15) is 0 Å². The van der Waals surface area contributed by atoms with Gasteiger partial charge in [0, 0.05) is 4.47 Å². The van der Waals surface area contributed by atoms with Gasteiger partial charge in [-0.25, -0.2) is 8.42 Å². The molecule has 1 aromatic carbocycles. The maximum atomic E-state index is 11.5. The molecule has 1 amide bonds. The van der Waals surface area contributed by atoms with E-state index in [9.17, 15) is 13.2 Å². The molecule has 16 heavy (non-hydrogen) atoms. The number of primary amides is 1. The molecule has 0 bridgehead atoms. The minimum atomic E-state index is -3.77. The zero-order valence-corrected chi connectivity index (χ0v) is 10.4. The maximum Gasteiger partial charge on any atom is 0.262 e. The number of carbonyl (C=O) groups is 1. The minimum absolute atomic E-state index is 0.0279. The summed E-state index contributed by atoms with van der Waals surface area (Å²) in [6.07, 6.45) is 0. The Bertz CT molecular complexity index is 471. The lowest BCUT2D eigenvalue weighted by molar-refractivity contribution is -0.123. The fourth-order valence-corrected chi connectivity index (χ4v) is 1.91. The van der Waals surface area contributed by atoms with Gasteiger partial charge in [0.25, 0.3) is 10.0 Å². The van der Waals surface area contributed by atoms with Crippen LogP contribution >= 0.6 is 15.9 Å². The Morgan fingerprint density at radius 2 is 1.94 bits per heavy atom. The Morgan fingerprint density at radius 3 is 2.44 bits per heavy atom. The van der Waals surface area contributed by atoms with Crippen LogP contribution in [0.4, 0.5) is 0 Å². The molecule has 88 valence electrons. The van der Waals surface area contributed by atoms with Crippen LogP contribution in [0.25, 0.3) is 0 Å². The molecule has 6 nitrogen and oxygen atoms in total. The normalized spacial score (nSPS) is 11.3. The number of hydrogen-bond donors (Lipinski definition) is 2. The fraction of sp³-hybridized carbons (Fsp3) is 0.125. The fourth-order valence-electron chi connectivity index (χ4n) is 0.840. The molecule has 0 heterocycles. The van der Waals surface area contributed by atoms with Crippen molar-refractivity contribution < 1.29 is 18.0 Å². The maximum absolute atomic E-state index is 11.5. The number of benzene rings is 1. The number of sulfonamides is 1. The summed E-state index contributed by atoms with van der Waals surface area (Å²) in [5.74, 6) is -0.765. The third-order valence-electron chi connectivity index (χ3n) is 1.51. The van der Waals surface area contributed by atoms with Crippen molar-refractivity contribution in [2.75, 3.05) is 6.61 Å². The second kappa shape index (κ2) is 5.39. The zero-order chi connectivity index (χ0) is 12.2. The van der Waals surface area contributed by atoms with Crippen LogP contribution in [0.2, 0.25) is 0 Å². The van der Waals surface area contributed by atoms with Gasteiger partial charge in [-0.2, -0.15) is 0 Å². The Labute approximate surface area is 101 Å². The van der Waals surface area contributed by atoms with Crippen LogP contribution in [-0.2, 0) is 19.7 Å². The van der Waals surface area contributed by atoms with Crippen LogP contribution in [0, 0.1) is 0 Å². The van der Waals surface area contributed by atoms with E-state index in [1.54, 1.807) is 17.0 Å². The molecule has 0 aliphatic heterocycles. The molecule has 3 N–H and O–H groups in total. The molecule has 0 spiro atoms. The second-order valence-electron chi connectivity index (χ2n) is 2.80. The number of rotatable bonds is 5. The topological polar surface area (TPSA) is 98.5 Å². The van der Waals surface area contributed by atoms with Crippen molar-refractivity contribution in [1.82, 2.24) is 4.89 Å². The summed E-state index contributed by atoms with van der Waals surface area (Å²) in [6, 6.07) is 5.92. The molecule has 0 atom stereocenters. The number of halogens is 1. The number of carbonyl (C=O) groups excluding carboxylic acids is 1. The minimum Gasteiger partial charge on any atom is -0.368 e. The first kappa shape index (κ1) is 13.1. The Hall–Kier alpha value is -0.960. The highest BCUT2D eigenvalue weighted by atomic mass is 79.9. The molecule has 0 aliphatic rings. The summed E-state index contributed by atoms with van der Waals surface area (Å²) in [4.78, 5) is 16.6. The number of nitrogens with two attached hydrogens (primary N) is 1. The summed E-state index contributed by atoms with van der Waals surface area (Å²) in [7, 11) is -3.77. The van der Waals surface area contributed by atoms with Crippen molar-refractivity contribution in [3.8, 4) is 0 Å². The highest BCUT2D eigenvalue weighted by Gasteiger charge is 2.13. The third-order valence-corrected chi connectivity index (χ3v) is 3.27. The van der Waals surface area contributed by atoms with Crippen LogP contribution in [0.3, 0.4) is 0 Å². The predicted molar refractivity (Wildman–Crippen MR) is 59.6 cm³/mol. The second-order valence-corrected chi connectivity index (χ2v) is 5.36. The summed E-state index contributed by atoms with van der Waals surface area (Å²) in [5, 5.41) is 0. The van der Waals surface area contributed by atoms with Crippen molar-refractivity contribution in [2.24, 2.45) is 5.73 Å². The average Bonchev–Trinajstić information content (AvgIpc) is 2.17. The number of nitrogens with one attached hydrogen (secondary N) is 1. The monoisotopic (exact) mass is 308 g/mol. The van der Waals surface area contributed by atoms with Gasteiger partial charge in [0.15, 0.2) is 0 Å². The summed E-state index contributed by atoms with van der Waals surface area (Å²) >= 11 is 3.18. The van der Waals surface area contributed by atoms with Gasteiger partial charge in [-0.05, 0) is 24.3 Å². The number of amides is 1. The number of hydrogen-bond acceptors (Lipinski definition) is 4. The molecule has 0 unspecified atom stereocenters. The van der Waals surface area contributed by atoms with Gasteiger partial charge in [-0.15, -0.1) is 0 Å². The van der Waals surface area contributed by atoms with E-state index in [1.165, 1.54) is 12.1 Å². The molecule has 0 saturated carbocycles. The molecule has 1 rings (SSSR count).